The van der Waals surface area contributed by atoms with E-state index in [1.807, 2.05) is 6.92 Å². The molecule has 1 aliphatic rings. The van der Waals surface area contributed by atoms with Crippen molar-refractivity contribution in [2.75, 3.05) is 13.1 Å². The molecule has 1 N–H and O–H groups in total. The smallest absolute Gasteiger partial charge is 0.317 e. The molecule has 0 aromatic carbocycles. The molecule has 120 valence electrons. The lowest BCUT2D eigenvalue weighted by atomic mass is 10.2. The van der Waals surface area contributed by atoms with E-state index >= 15 is 0 Å². The van der Waals surface area contributed by atoms with Crippen molar-refractivity contribution >= 4 is 11.2 Å². The number of fused-ring (bicyclic) bond motifs is 1. The summed E-state index contributed by atoms with van der Waals surface area (Å²) in [6.45, 7) is 8.09. The Morgan fingerprint density at radius 1 is 1.36 bits per heavy atom. The van der Waals surface area contributed by atoms with E-state index in [1.54, 1.807) is 7.05 Å². The summed E-state index contributed by atoms with van der Waals surface area (Å²) in [6, 6.07) is 0.220. The van der Waals surface area contributed by atoms with Crippen molar-refractivity contribution in [3.8, 4) is 0 Å². The van der Waals surface area contributed by atoms with Gasteiger partial charge in [-0.3, -0.25) is 13.9 Å². The molecule has 7 heteroatoms. The molecule has 22 heavy (non-hydrogen) atoms. The summed E-state index contributed by atoms with van der Waals surface area (Å²) < 4.78 is 4.84. The van der Waals surface area contributed by atoms with Gasteiger partial charge in [0.15, 0.2) is 11.2 Å². The molecule has 3 heterocycles. The maximum Gasteiger partial charge on any atom is 0.332 e. The number of rotatable bonds is 3. The van der Waals surface area contributed by atoms with E-state index in [9.17, 15) is 9.59 Å². The largest absolute Gasteiger partial charge is 0.332 e. The zero-order valence-corrected chi connectivity index (χ0v) is 13.6. The van der Waals surface area contributed by atoms with Gasteiger partial charge in [0.2, 0.25) is 0 Å². The lowest BCUT2D eigenvalue weighted by Gasteiger charge is -2.17. The van der Waals surface area contributed by atoms with E-state index in [0.29, 0.717) is 17.7 Å². The van der Waals surface area contributed by atoms with Crippen LogP contribution in [0.25, 0.3) is 11.2 Å². The molecule has 0 bridgehead atoms. The van der Waals surface area contributed by atoms with Gasteiger partial charge in [0.1, 0.15) is 5.82 Å². The second-order valence-corrected chi connectivity index (χ2v) is 6.20. The van der Waals surface area contributed by atoms with Crippen LogP contribution in [0.1, 0.15) is 45.0 Å². The molecule has 2 aromatic rings. The van der Waals surface area contributed by atoms with E-state index in [2.05, 4.69) is 28.7 Å². The molecule has 1 saturated heterocycles. The predicted octanol–water partition coefficient (Wildman–Crippen LogP) is 0.574. The van der Waals surface area contributed by atoms with E-state index < -0.39 is 0 Å². The fraction of sp³-hybridized carbons (Fsp3) is 0.667. The van der Waals surface area contributed by atoms with Crippen LogP contribution >= 0.6 is 0 Å². The zero-order chi connectivity index (χ0) is 16.0. The monoisotopic (exact) mass is 305 g/mol. The van der Waals surface area contributed by atoms with Gasteiger partial charge in [-0.1, -0.05) is 13.8 Å². The molecular formula is C15H23N5O2. The van der Waals surface area contributed by atoms with Crippen LogP contribution in [-0.2, 0) is 13.6 Å². The first kappa shape index (κ1) is 15.0. The summed E-state index contributed by atoms with van der Waals surface area (Å²) in [7, 11) is 1.69. The summed E-state index contributed by atoms with van der Waals surface area (Å²) in [5, 5.41) is 3.34. The third kappa shape index (κ3) is 2.03. The van der Waals surface area contributed by atoms with Crippen LogP contribution in [0.15, 0.2) is 9.59 Å². The summed E-state index contributed by atoms with van der Waals surface area (Å²) in [5.74, 6) is 1.07. The molecule has 1 aliphatic heterocycles. The van der Waals surface area contributed by atoms with Crippen LogP contribution in [0.5, 0.6) is 0 Å². The number of aromatic nitrogens is 4. The highest BCUT2D eigenvalue weighted by Crippen LogP contribution is 2.26. The van der Waals surface area contributed by atoms with Crippen molar-refractivity contribution in [2.45, 2.75) is 45.7 Å². The predicted molar refractivity (Wildman–Crippen MR) is 85.5 cm³/mol. The Bertz CT molecular complexity index is 821. The quantitative estimate of drug-likeness (QED) is 0.900. The summed E-state index contributed by atoms with van der Waals surface area (Å²) >= 11 is 0. The summed E-state index contributed by atoms with van der Waals surface area (Å²) in [5.41, 5.74) is 0.521. The van der Waals surface area contributed by atoms with Gasteiger partial charge in [0, 0.05) is 32.1 Å². The number of hydrogen-bond acceptors (Lipinski definition) is 4. The number of nitrogens with zero attached hydrogens (tertiary/aromatic N) is 4. The average molecular weight is 305 g/mol. The molecular weight excluding hydrogens is 282 g/mol. The number of hydrogen-bond donors (Lipinski definition) is 1. The molecule has 0 amide bonds. The zero-order valence-electron chi connectivity index (χ0n) is 13.6. The van der Waals surface area contributed by atoms with Gasteiger partial charge in [-0.15, -0.1) is 0 Å². The Morgan fingerprint density at radius 3 is 2.64 bits per heavy atom. The van der Waals surface area contributed by atoms with Crippen molar-refractivity contribution < 1.29 is 0 Å². The van der Waals surface area contributed by atoms with Gasteiger partial charge in [-0.25, -0.2) is 9.78 Å². The molecule has 0 spiro atoms. The highest BCUT2D eigenvalue weighted by Gasteiger charge is 2.27. The van der Waals surface area contributed by atoms with Gasteiger partial charge < -0.3 is 9.88 Å². The molecule has 0 aliphatic carbocycles. The van der Waals surface area contributed by atoms with Crippen molar-refractivity contribution in [1.29, 1.82) is 0 Å². The maximum absolute atomic E-state index is 12.8. The molecule has 0 saturated carbocycles. The van der Waals surface area contributed by atoms with E-state index in [1.165, 1.54) is 9.13 Å². The molecule has 1 unspecified atom stereocenters. The SMILES string of the molecule is CCn1c(=O)c2c(nc(C(C)C)n2C2CCNC2)n(C)c1=O. The minimum absolute atomic E-state index is 0.192. The van der Waals surface area contributed by atoms with Crippen molar-refractivity contribution in [1.82, 2.24) is 24.0 Å². The highest BCUT2D eigenvalue weighted by molar-refractivity contribution is 5.71. The molecule has 7 nitrogen and oxygen atoms in total. The first-order valence-corrected chi connectivity index (χ1v) is 7.89. The van der Waals surface area contributed by atoms with E-state index in [-0.39, 0.29) is 23.2 Å². The Hall–Kier alpha value is -1.89. The van der Waals surface area contributed by atoms with Crippen LogP contribution in [0.3, 0.4) is 0 Å². The summed E-state index contributed by atoms with van der Waals surface area (Å²) in [6.07, 6.45) is 0.972. The third-order valence-corrected chi connectivity index (χ3v) is 4.44. The molecule has 0 radical (unpaired) electrons. The van der Waals surface area contributed by atoms with Gasteiger partial charge >= 0.3 is 5.69 Å². The number of aryl methyl sites for hydroxylation is 1. The standard InChI is InChI=1S/C15H23N5O2/c1-5-19-14(21)11-13(18(4)15(19)22)17-12(9(2)3)20(11)10-6-7-16-8-10/h9-10,16H,5-8H2,1-4H3. The average Bonchev–Trinajstić information content (AvgIpc) is 3.12. The van der Waals surface area contributed by atoms with E-state index in [4.69, 9.17) is 0 Å². The van der Waals surface area contributed by atoms with Crippen molar-refractivity contribution in [3.05, 3.63) is 26.7 Å². The second kappa shape index (κ2) is 5.39. The lowest BCUT2D eigenvalue weighted by Crippen LogP contribution is -2.39. The molecule has 2 aromatic heterocycles. The molecule has 1 atom stereocenters. The lowest BCUT2D eigenvalue weighted by molar-refractivity contribution is 0.519. The fourth-order valence-corrected chi connectivity index (χ4v) is 3.27. The highest BCUT2D eigenvalue weighted by atomic mass is 16.2. The Kier molecular flexibility index (Phi) is 3.68. The first-order chi connectivity index (χ1) is 10.5. The normalized spacial score (nSPS) is 18.7. The Balaban J connectivity index is 2.45. The van der Waals surface area contributed by atoms with Gasteiger partial charge in [-0.2, -0.15) is 0 Å². The third-order valence-electron chi connectivity index (χ3n) is 4.44. The van der Waals surface area contributed by atoms with Crippen molar-refractivity contribution in [2.24, 2.45) is 7.05 Å². The van der Waals surface area contributed by atoms with Crippen LogP contribution < -0.4 is 16.6 Å². The summed E-state index contributed by atoms with van der Waals surface area (Å²) in [4.78, 5) is 29.8. The fourth-order valence-electron chi connectivity index (χ4n) is 3.27. The molecule has 3 rings (SSSR count). The van der Waals surface area contributed by atoms with E-state index in [0.717, 1.165) is 25.3 Å². The Morgan fingerprint density at radius 2 is 2.09 bits per heavy atom. The van der Waals surface area contributed by atoms with Crippen LogP contribution in [0.2, 0.25) is 0 Å². The minimum atomic E-state index is -0.301. The maximum atomic E-state index is 12.8. The van der Waals surface area contributed by atoms with Crippen LogP contribution in [-0.4, -0.2) is 31.8 Å². The van der Waals surface area contributed by atoms with Crippen LogP contribution in [0.4, 0.5) is 0 Å². The number of nitrogens with one attached hydrogen (secondary N) is 1. The Labute approximate surface area is 128 Å². The van der Waals surface area contributed by atoms with Crippen molar-refractivity contribution in [3.63, 3.8) is 0 Å². The second-order valence-electron chi connectivity index (χ2n) is 6.20. The minimum Gasteiger partial charge on any atom is -0.317 e. The topological polar surface area (TPSA) is 73.8 Å². The first-order valence-electron chi connectivity index (χ1n) is 7.89. The molecule has 1 fully saturated rings. The van der Waals surface area contributed by atoms with Gasteiger partial charge in [0.05, 0.1) is 0 Å². The number of imidazole rings is 1. The van der Waals surface area contributed by atoms with Crippen LogP contribution in [0, 0.1) is 0 Å². The van der Waals surface area contributed by atoms with Gasteiger partial charge in [0.25, 0.3) is 5.56 Å². The van der Waals surface area contributed by atoms with Gasteiger partial charge in [-0.05, 0) is 19.9 Å².